The summed E-state index contributed by atoms with van der Waals surface area (Å²) >= 11 is 5.61. The predicted octanol–water partition coefficient (Wildman–Crippen LogP) is 0.162. The number of ether oxygens (including phenoxy) is 1. The van der Waals surface area contributed by atoms with E-state index in [4.69, 9.17) is 16.3 Å². The molecule has 1 saturated heterocycles. The van der Waals surface area contributed by atoms with Crippen molar-refractivity contribution in [1.29, 1.82) is 0 Å². The van der Waals surface area contributed by atoms with Gasteiger partial charge in [-0.15, -0.1) is 0 Å². The van der Waals surface area contributed by atoms with Crippen LogP contribution in [-0.2, 0) is 4.74 Å². The Hall–Kier alpha value is -0.940. The van der Waals surface area contributed by atoms with E-state index in [2.05, 4.69) is 21.3 Å². The van der Waals surface area contributed by atoms with Gasteiger partial charge in [-0.1, -0.05) is 0 Å². The Labute approximate surface area is 80.7 Å². The van der Waals surface area contributed by atoms with Crippen LogP contribution in [0.4, 0.5) is 5.95 Å². The van der Waals surface area contributed by atoms with Crippen LogP contribution in [0.15, 0.2) is 0 Å². The SMILES string of the molecule is Clc1n[c]nc(N2CCOCC2)n1. The number of morpholine rings is 1. The Bertz CT molecular complexity index is 290. The zero-order valence-electron chi connectivity index (χ0n) is 6.90. The molecule has 5 nitrogen and oxygen atoms in total. The molecule has 1 aromatic heterocycles. The molecule has 0 bridgehead atoms. The van der Waals surface area contributed by atoms with E-state index >= 15 is 0 Å². The van der Waals surface area contributed by atoms with Gasteiger partial charge in [0.25, 0.3) is 0 Å². The first-order valence-corrected chi connectivity index (χ1v) is 4.34. The second kappa shape index (κ2) is 3.85. The van der Waals surface area contributed by atoms with Crippen LogP contribution in [0.5, 0.6) is 0 Å². The Morgan fingerprint density at radius 3 is 2.77 bits per heavy atom. The fourth-order valence-corrected chi connectivity index (χ4v) is 1.26. The molecule has 1 aliphatic heterocycles. The average Bonchev–Trinajstić information content (AvgIpc) is 2.19. The predicted molar refractivity (Wildman–Crippen MR) is 46.7 cm³/mol. The van der Waals surface area contributed by atoms with Gasteiger partial charge in [0.2, 0.25) is 17.6 Å². The van der Waals surface area contributed by atoms with Crippen LogP contribution < -0.4 is 4.90 Å². The molecule has 0 aromatic carbocycles. The number of nitrogens with zero attached hydrogens (tertiary/aromatic N) is 4. The monoisotopic (exact) mass is 199 g/mol. The summed E-state index contributed by atoms with van der Waals surface area (Å²) < 4.78 is 5.20. The first-order valence-electron chi connectivity index (χ1n) is 3.96. The van der Waals surface area contributed by atoms with E-state index in [1.165, 1.54) is 0 Å². The zero-order chi connectivity index (χ0) is 9.10. The zero-order valence-corrected chi connectivity index (χ0v) is 7.66. The summed E-state index contributed by atoms with van der Waals surface area (Å²) in [5.74, 6) is 0.572. The van der Waals surface area contributed by atoms with Crippen LogP contribution in [0.25, 0.3) is 0 Å². The number of anilines is 1. The second-order valence-corrected chi connectivity index (χ2v) is 2.94. The van der Waals surface area contributed by atoms with Crippen molar-refractivity contribution in [3.63, 3.8) is 0 Å². The van der Waals surface area contributed by atoms with E-state index in [-0.39, 0.29) is 5.28 Å². The number of aromatic nitrogens is 3. The molecule has 2 heterocycles. The van der Waals surface area contributed by atoms with Gasteiger partial charge < -0.3 is 9.64 Å². The summed E-state index contributed by atoms with van der Waals surface area (Å²) in [7, 11) is 0. The lowest BCUT2D eigenvalue weighted by Gasteiger charge is -2.26. The highest BCUT2D eigenvalue weighted by Gasteiger charge is 2.13. The average molecular weight is 200 g/mol. The van der Waals surface area contributed by atoms with Crippen molar-refractivity contribution in [1.82, 2.24) is 15.0 Å². The van der Waals surface area contributed by atoms with Crippen molar-refractivity contribution in [3.8, 4) is 0 Å². The van der Waals surface area contributed by atoms with Gasteiger partial charge >= 0.3 is 0 Å². The van der Waals surface area contributed by atoms with Crippen LogP contribution in [0.2, 0.25) is 5.28 Å². The summed E-state index contributed by atoms with van der Waals surface area (Å²) in [5, 5.41) is 0.177. The standard InChI is InChI=1S/C7H8ClN4O/c8-6-9-5-10-7(11-6)12-1-3-13-4-2-12/h1-4H2. The first-order chi connectivity index (χ1) is 6.36. The van der Waals surface area contributed by atoms with Gasteiger partial charge in [0.05, 0.1) is 13.2 Å². The van der Waals surface area contributed by atoms with Gasteiger partial charge in [0, 0.05) is 13.1 Å². The third-order valence-corrected chi connectivity index (χ3v) is 1.95. The molecule has 0 unspecified atom stereocenters. The summed E-state index contributed by atoms with van der Waals surface area (Å²) in [6.45, 7) is 2.97. The molecule has 0 aliphatic carbocycles. The maximum atomic E-state index is 5.61. The molecule has 0 spiro atoms. The molecule has 0 amide bonds. The Morgan fingerprint density at radius 2 is 2.08 bits per heavy atom. The molecule has 0 atom stereocenters. The van der Waals surface area contributed by atoms with Crippen molar-refractivity contribution in [3.05, 3.63) is 11.6 Å². The van der Waals surface area contributed by atoms with Gasteiger partial charge in [0.15, 0.2) is 0 Å². The molecule has 1 radical (unpaired) electrons. The molecule has 1 aromatic rings. The van der Waals surface area contributed by atoms with E-state index < -0.39 is 0 Å². The number of hydrogen-bond acceptors (Lipinski definition) is 5. The van der Waals surface area contributed by atoms with Gasteiger partial charge in [-0.3, -0.25) is 0 Å². The summed E-state index contributed by atoms with van der Waals surface area (Å²) in [6.07, 6.45) is 2.45. The topological polar surface area (TPSA) is 51.1 Å². The van der Waals surface area contributed by atoms with Crippen molar-refractivity contribution >= 4 is 17.5 Å². The smallest absolute Gasteiger partial charge is 0.230 e. The molecule has 69 valence electrons. The normalized spacial score (nSPS) is 17.5. The molecular formula is C7H8ClN4O. The third kappa shape index (κ3) is 2.05. The minimum Gasteiger partial charge on any atom is -0.378 e. The van der Waals surface area contributed by atoms with E-state index in [0.717, 1.165) is 13.1 Å². The van der Waals surface area contributed by atoms with Crippen molar-refractivity contribution in [2.75, 3.05) is 31.2 Å². The lowest BCUT2D eigenvalue weighted by molar-refractivity contribution is 0.122. The molecule has 2 rings (SSSR count). The lowest BCUT2D eigenvalue weighted by Crippen LogP contribution is -2.37. The summed E-state index contributed by atoms with van der Waals surface area (Å²) in [5.41, 5.74) is 0. The van der Waals surface area contributed by atoms with Crippen LogP contribution in [0.3, 0.4) is 0 Å². The lowest BCUT2D eigenvalue weighted by atomic mass is 10.4. The fraction of sp³-hybridized carbons (Fsp3) is 0.571. The van der Waals surface area contributed by atoms with Gasteiger partial charge in [-0.25, -0.2) is 0 Å². The van der Waals surface area contributed by atoms with E-state index in [9.17, 15) is 0 Å². The molecule has 1 fully saturated rings. The van der Waals surface area contributed by atoms with Gasteiger partial charge in [-0.05, 0) is 11.6 Å². The maximum absolute atomic E-state index is 5.61. The number of halogens is 1. The van der Waals surface area contributed by atoms with Crippen LogP contribution >= 0.6 is 11.6 Å². The van der Waals surface area contributed by atoms with E-state index in [1.807, 2.05) is 4.90 Å². The molecule has 6 heteroatoms. The highest BCUT2D eigenvalue weighted by molar-refractivity contribution is 6.28. The molecule has 13 heavy (non-hydrogen) atoms. The Morgan fingerprint density at radius 1 is 1.31 bits per heavy atom. The third-order valence-electron chi connectivity index (χ3n) is 1.78. The minimum atomic E-state index is 0.177. The van der Waals surface area contributed by atoms with Crippen LogP contribution in [0.1, 0.15) is 0 Å². The highest BCUT2D eigenvalue weighted by Crippen LogP contribution is 2.09. The van der Waals surface area contributed by atoms with Crippen LogP contribution in [-0.4, -0.2) is 41.3 Å². The first kappa shape index (κ1) is 8.65. The Balaban J connectivity index is 2.14. The maximum Gasteiger partial charge on any atom is 0.230 e. The molecule has 0 saturated carbocycles. The molecule has 0 N–H and O–H groups in total. The van der Waals surface area contributed by atoms with Crippen molar-refractivity contribution in [2.45, 2.75) is 0 Å². The van der Waals surface area contributed by atoms with Crippen molar-refractivity contribution in [2.24, 2.45) is 0 Å². The Kier molecular flexibility index (Phi) is 2.56. The van der Waals surface area contributed by atoms with Gasteiger partial charge in [-0.2, -0.15) is 15.0 Å². The summed E-state index contributed by atoms with van der Waals surface area (Å²) in [6, 6.07) is 0. The molecule has 1 aliphatic rings. The highest BCUT2D eigenvalue weighted by atomic mass is 35.5. The van der Waals surface area contributed by atoms with E-state index in [0.29, 0.717) is 19.2 Å². The number of hydrogen-bond donors (Lipinski definition) is 0. The van der Waals surface area contributed by atoms with Crippen molar-refractivity contribution < 1.29 is 4.74 Å². The second-order valence-electron chi connectivity index (χ2n) is 2.60. The van der Waals surface area contributed by atoms with E-state index in [1.54, 1.807) is 0 Å². The largest absolute Gasteiger partial charge is 0.378 e. The quantitative estimate of drug-likeness (QED) is 0.645. The van der Waals surface area contributed by atoms with Crippen LogP contribution in [0, 0.1) is 6.33 Å². The van der Waals surface area contributed by atoms with Gasteiger partial charge in [0.1, 0.15) is 0 Å². The minimum absolute atomic E-state index is 0.177. The summed E-state index contributed by atoms with van der Waals surface area (Å²) in [4.78, 5) is 13.5. The fourth-order valence-electron chi connectivity index (χ4n) is 1.15. The number of rotatable bonds is 1. The molecular weight excluding hydrogens is 192 g/mol.